The van der Waals surface area contributed by atoms with Crippen molar-refractivity contribution in [2.24, 2.45) is 7.05 Å². The molecule has 4 aromatic heterocycles. The van der Waals surface area contributed by atoms with Crippen molar-refractivity contribution < 1.29 is 19.7 Å². The van der Waals surface area contributed by atoms with E-state index >= 15 is 0 Å². The average molecular weight is 568 g/mol. The minimum atomic E-state index is -1.97. The molecule has 0 spiro atoms. The number of hydrogen-bond donors (Lipinski definition) is 4. The van der Waals surface area contributed by atoms with Gasteiger partial charge in [-0.2, -0.15) is 15.5 Å². The smallest absolute Gasteiger partial charge is 0.225 e. The fourth-order valence-electron chi connectivity index (χ4n) is 5.61. The molecule has 1 aliphatic carbocycles. The molecule has 214 valence electrons. The van der Waals surface area contributed by atoms with E-state index in [9.17, 15) is 15.5 Å². The number of nitrogens with one attached hydrogen (secondary N) is 1. The van der Waals surface area contributed by atoms with Crippen LogP contribution in [0.15, 0.2) is 55.0 Å². The number of ether oxygens (including phenoxy) is 2. The summed E-state index contributed by atoms with van der Waals surface area (Å²) < 4.78 is 15.2. The Morgan fingerprint density at radius 1 is 1.21 bits per heavy atom. The molecule has 0 radical (unpaired) electrons. The lowest BCUT2D eigenvalue weighted by Gasteiger charge is -2.26. The van der Waals surface area contributed by atoms with Crippen molar-refractivity contribution in [3.8, 4) is 23.1 Å². The maximum Gasteiger partial charge on any atom is 0.225 e. The fourth-order valence-corrected chi connectivity index (χ4v) is 5.61. The SMILES string of the molecule is Cn1ccc(-c2cc([C@]3(C#N)O[C@H](COc4ccc5ccc(NC6CCC6)nc5c4)[C@@H](O)[C@H]3O)n3ncnc(N)c23)n1. The molecule has 1 saturated carbocycles. The van der Waals surface area contributed by atoms with Crippen LogP contribution in [0, 0.1) is 11.3 Å². The number of anilines is 2. The van der Waals surface area contributed by atoms with Crippen molar-refractivity contribution in [3.05, 3.63) is 60.7 Å². The zero-order valence-electron chi connectivity index (χ0n) is 22.8. The van der Waals surface area contributed by atoms with E-state index < -0.39 is 23.9 Å². The standard InChI is InChI=1S/C29H29N9O4/c1-37-10-9-20(36-37)19-12-23(38-25(19)28(31)32-15-33-38)29(14-30)27(40)26(39)22(42-29)13-41-18-7-5-16-6-8-24(35-21(16)11-18)34-17-3-2-4-17/h5-12,15,17,22,26-27,39-40H,2-4,13H2,1H3,(H,34,35)(H2,31,32,33)/t22-,26-,27-,29+/m1/s1. The Labute approximate surface area is 240 Å². The second-order valence-electron chi connectivity index (χ2n) is 10.8. The zero-order chi connectivity index (χ0) is 29.0. The number of hydrogen-bond acceptors (Lipinski definition) is 11. The number of nitrogens with zero attached hydrogens (tertiary/aromatic N) is 7. The minimum Gasteiger partial charge on any atom is -0.491 e. The molecule has 42 heavy (non-hydrogen) atoms. The Morgan fingerprint density at radius 2 is 2.05 bits per heavy atom. The minimum absolute atomic E-state index is 0.124. The Morgan fingerprint density at radius 3 is 2.79 bits per heavy atom. The molecular formula is C29H29N9O4. The molecule has 0 bridgehead atoms. The van der Waals surface area contributed by atoms with Gasteiger partial charge in [-0.1, -0.05) is 0 Å². The first-order chi connectivity index (χ1) is 20.4. The van der Waals surface area contributed by atoms with Crippen molar-refractivity contribution >= 4 is 28.1 Å². The molecule has 1 saturated heterocycles. The van der Waals surface area contributed by atoms with Gasteiger partial charge in [0.05, 0.1) is 16.9 Å². The first-order valence-corrected chi connectivity index (χ1v) is 13.7. The number of aromatic nitrogens is 6. The molecule has 5 N–H and O–H groups in total. The van der Waals surface area contributed by atoms with Crippen LogP contribution in [-0.4, -0.2) is 70.5 Å². The van der Waals surface area contributed by atoms with Gasteiger partial charge in [0.25, 0.3) is 0 Å². The van der Waals surface area contributed by atoms with E-state index in [4.69, 9.17) is 20.2 Å². The lowest BCUT2D eigenvalue weighted by Crippen LogP contribution is -2.41. The van der Waals surface area contributed by atoms with Crippen LogP contribution in [0.2, 0.25) is 0 Å². The van der Waals surface area contributed by atoms with Gasteiger partial charge in [-0.25, -0.2) is 14.5 Å². The number of benzene rings is 1. The van der Waals surface area contributed by atoms with E-state index in [1.54, 1.807) is 36.1 Å². The van der Waals surface area contributed by atoms with E-state index in [0.717, 1.165) is 29.6 Å². The van der Waals surface area contributed by atoms with Crippen LogP contribution < -0.4 is 15.8 Å². The second-order valence-corrected chi connectivity index (χ2v) is 10.8. The average Bonchev–Trinajstić information content (AvgIpc) is 3.65. The van der Waals surface area contributed by atoms with Crippen LogP contribution >= 0.6 is 0 Å². The third-order valence-electron chi connectivity index (χ3n) is 8.11. The van der Waals surface area contributed by atoms with E-state index in [1.807, 2.05) is 24.3 Å². The van der Waals surface area contributed by atoms with Gasteiger partial charge in [0.1, 0.15) is 54.4 Å². The van der Waals surface area contributed by atoms with E-state index in [2.05, 4.69) is 26.6 Å². The van der Waals surface area contributed by atoms with E-state index in [-0.39, 0.29) is 18.1 Å². The maximum atomic E-state index is 11.2. The summed E-state index contributed by atoms with van der Waals surface area (Å²) in [6, 6.07) is 15.5. The Kier molecular flexibility index (Phi) is 6.19. The summed E-state index contributed by atoms with van der Waals surface area (Å²) in [5.41, 5.74) is 6.71. The highest BCUT2D eigenvalue weighted by Gasteiger charge is 2.58. The zero-order valence-corrected chi connectivity index (χ0v) is 22.8. The van der Waals surface area contributed by atoms with Crippen LogP contribution in [0.25, 0.3) is 27.7 Å². The lowest BCUT2D eigenvalue weighted by atomic mass is 9.92. The van der Waals surface area contributed by atoms with Crippen molar-refractivity contribution in [2.75, 3.05) is 17.7 Å². The molecule has 13 heteroatoms. The summed E-state index contributed by atoms with van der Waals surface area (Å²) in [6.45, 7) is -0.124. The van der Waals surface area contributed by atoms with E-state index in [0.29, 0.717) is 28.6 Å². The molecule has 1 aromatic carbocycles. The molecule has 13 nitrogen and oxygen atoms in total. The third-order valence-corrected chi connectivity index (χ3v) is 8.11. The fraction of sp³-hybridized carbons (Fsp3) is 0.345. The van der Waals surface area contributed by atoms with Crippen molar-refractivity contribution in [2.45, 2.75) is 49.2 Å². The summed E-state index contributed by atoms with van der Waals surface area (Å²) in [5, 5.41) is 45.8. The third kappa shape index (κ3) is 4.19. The number of nitrogen functional groups attached to an aromatic ring is 1. The Hall–Kier alpha value is -4.77. The van der Waals surface area contributed by atoms with Gasteiger partial charge in [-0.3, -0.25) is 4.68 Å². The second kappa shape index (κ2) is 9.95. The Balaban J connectivity index is 1.17. The highest BCUT2D eigenvalue weighted by atomic mass is 16.6. The van der Waals surface area contributed by atoms with Gasteiger partial charge in [0, 0.05) is 36.3 Å². The first kappa shape index (κ1) is 26.1. The molecule has 5 heterocycles. The molecule has 2 fully saturated rings. The van der Waals surface area contributed by atoms with Gasteiger partial charge in [-0.15, -0.1) is 0 Å². The first-order valence-electron chi connectivity index (χ1n) is 13.7. The van der Waals surface area contributed by atoms with Crippen LogP contribution in [0.4, 0.5) is 11.6 Å². The van der Waals surface area contributed by atoms with Gasteiger partial charge in [0.2, 0.25) is 5.60 Å². The largest absolute Gasteiger partial charge is 0.491 e. The number of pyridine rings is 1. The number of aliphatic hydroxyl groups excluding tert-OH is 2. The summed E-state index contributed by atoms with van der Waals surface area (Å²) in [5.74, 6) is 1.49. The molecule has 7 rings (SSSR count). The van der Waals surface area contributed by atoms with Crippen LogP contribution in [0.3, 0.4) is 0 Å². The van der Waals surface area contributed by atoms with Gasteiger partial charge in [-0.05, 0) is 55.7 Å². The highest BCUT2D eigenvalue weighted by Crippen LogP contribution is 2.43. The molecule has 0 amide bonds. The van der Waals surface area contributed by atoms with Gasteiger partial charge < -0.3 is 30.7 Å². The topological polar surface area (TPSA) is 182 Å². The molecule has 0 unspecified atom stereocenters. The van der Waals surface area contributed by atoms with Crippen molar-refractivity contribution in [1.82, 2.24) is 29.4 Å². The maximum absolute atomic E-state index is 11.2. The van der Waals surface area contributed by atoms with Crippen LogP contribution in [0.5, 0.6) is 5.75 Å². The summed E-state index contributed by atoms with van der Waals surface area (Å²) in [7, 11) is 1.78. The number of rotatable bonds is 7. The normalized spacial score (nSPS) is 24.1. The van der Waals surface area contributed by atoms with Crippen LogP contribution in [0.1, 0.15) is 25.0 Å². The van der Waals surface area contributed by atoms with Crippen molar-refractivity contribution in [3.63, 3.8) is 0 Å². The Bertz CT molecular complexity index is 1840. The molecule has 4 atom stereocenters. The summed E-state index contributed by atoms with van der Waals surface area (Å²) in [6.07, 6.45) is 2.47. The summed E-state index contributed by atoms with van der Waals surface area (Å²) in [4.78, 5) is 8.81. The predicted molar refractivity (Wildman–Crippen MR) is 152 cm³/mol. The quantitative estimate of drug-likeness (QED) is 0.226. The molecule has 5 aromatic rings. The van der Waals surface area contributed by atoms with Gasteiger partial charge in [0.15, 0.2) is 5.82 Å². The lowest BCUT2D eigenvalue weighted by molar-refractivity contribution is -0.0611. The molecular weight excluding hydrogens is 538 g/mol. The predicted octanol–water partition coefficient (Wildman–Crippen LogP) is 2.14. The van der Waals surface area contributed by atoms with Gasteiger partial charge >= 0.3 is 0 Å². The molecule has 2 aliphatic rings. The highest BCUT2D eigenvalue weighted by molar-refractivity contribution is 5.87. The number of aryl methyl sites for hydroxylation is 1. The number of nitrogens with two attached hydrogens (primary N) is 1. The number of fused-ring (bicyclic) bond motifs is 2. The number of nitriles is 1. The molecule has 1 aliphatic heterocycles. The monoisotopic (exact) mass is 567 g/mol. The summed E-state index contributed by atoms with van der Waals surface area (Å²) >= 11 is 0. The van der Waals surface area contributed by atoms with Crippen molar-refractivity contribution in [1.29, 1.82) is 5.26 Å². The van der Waals surface area contributed by atoms with E-state index in [1.165, 1.54) is 17.3 Å². The van der Waals surface area contributed by atoms with Crippen LogP contribution in [-0.2, 0) is 17.4 Å². The number of aliphatic hydroxyl groups is 2.